The van der Waals surface area contributed by atoms with Gasteiger partial charge in [0.15, 0.2) is 4.77 Å². The minimum absolute atomic E-state index is 0.0958. The van der Waals surface area contributed by atoms with Gasteiger partial charge in [0, 0.05) is 12.6 Å². The van der Waals surface area contributed by atoms with Crippen LogP contribution in [0.2, 0.25) is 0 Å². The van der Waals surface area contributed by atoms with Gasteiger partial charge in [-0.05, 0) is 37.9 Å². The maximum atomic E-state index is 11.7. The number of hydrogen-bond acceptors (Lipinski definition) is 3. The average molecular weight is 257 g/mol. The van der Waals surface area contributed by atoms with Gasteiger partial charge in [0.2, 0.25) is 0 Å². The SMILES string of the molecule is CCC1(CC)CC(n2c(=O)[nH][nH]c2=S)CCO1. The molecule has 0 saturated carbocycles. The van der Waals surface area contributed by atoms with Crippen LogP contribution >= 0.6 is 12.2 Å². The van der Waals surface area contributed by atoms with E-state index in [4.69, 9.17) is 17.0 Å². The molecule has 1 aromatic rings. The van der Waals surface area contributed by atoms with Crippen molar-refractivity contribution in [3.63, 3.8) is 0 Å². The third-order valence-electron chi connectivity index (χ3n) is 3.83. The second-order valence-electron chi connectivity index (χ2n) is 4.62. The molecule has 6 heteroatoms. The predicted octanol–water partition coefficient (Wildman–Crippen LogP) is 2.14. The molecule has 5 nitrogen and oxygen atoms in total. The Morgan fingerprint density at radius 3 is 2.71 bits per heavy atom. The third-order valence-corrected chi connectivity index (χ3v) is 4.13. The van der Waals surface area contributed by atoms with Crippen molar-refractivity contribution in [2.24, 2.45) is 0 Å². The molecule has 17 heavy (non-hydrogen) atoms. The Kier molecular flexibility index (Phi) is 3.53. The van der Waals surface area contributed by atoms with E-state index < -0.39 is 0 Å². The Morgan fingerprint density at radius 1 is 1.47 bits per heavy atom. The first-order valence-corrected chi connectivity index (χ1v) is 6.56. The summed E-state index contributed by atoms with van der Waals surface area (Å²) in [5.74, 6) is 0. The topological polar surface area (TPSA) is 62.8 Å². The second kappa shape index (κ2) is 4.78. The lowest BCUT2D eigenvalue weighted by atomic mass is 9.86. The summed E-state index contributed by atoms with van der Waals surface area (Å²) >= 11 is 5.14. The van der Waals surface area contributed by atoms with E-state index in [1.807, 2.05) is 0 Å². The summed E-state index contributed by atoms with van der Waals surface area (Å²) in [6.07, 6.45) is 3.64. The van der Waals surface area contributed by atoms with Gasteiger partial charge < -0.3 is 4.74 Å². The van der Waals surface area contributed by atoms with Crippen LogP contribution < -0.4 is 5.69 Å². The zero-order chi connectivity index (χ0) is 12.5. The molecule has 0 amide bonds. The van der Waals surface area contributed by atoms with Gasteiger partial charge in [0.1, 0.15) is 0 Å². The molecule has 1 aliphatic rings. The Balaban J connectivity index is 2.29. The van der Waals surface area contributed by atoms with Gasteiger partial charge in [-0.1, -0.05) is 13.8 Å². The lowest BCUT2D eigenvalue weighted by Gasteiger charge is -2.40. The predicted molar refractivity (Wildman–Crippen MR) is 67.8 cm³/mol. The summed E-state index contributed by atoms with van der Waals surface area (Å²) in [6.45, 7) is 4.96. The number of nitrogens with one attached hydrogen (secondary N) is 2. The van der Waals surface area contributed by atoms with Gasteiger partial charge in [-0.25, -0.2) is 9.89 Å². The highest BCUT2D eigenvalue weighted by molar-refractivity contribution is 7.71. The molecule has 0 aliphatic carbocycles. The van der Waals surface area contributed by atoms with E-state index in [2.05, 4.69) is 24.0 Å². The minimum Gasteiger partial charge on any atom is -0.375 e. The molecule has 2 heterocycles. The van der Waals surface area contributed by atoms with Crippen LogP contribution in [-0.2, 0) is 4.74 Å². The van der Waals surface area contributed by atoms with E-state index in [9.17, 15) is 4.79 Å². The molecule has 0 bridgehead atoms. The van der Waals surface area contributed by atoms with Crippen molar-refractivity contribution >= 4 is 12.2 Å². The molecule has 2 rings (SSSR count). The largest absolute Gasteiger partial charge is 0.375 e. The Labute approximate surface area is 105 Å². The van der Waals surface area contributed by atoms with Crippen molar-refractivity contribution in [3.05, 3.63) is 15.3 Å². The van der Waals surface area contributed by atoms with Crippen LogP contribution in [0.3, 0.4) is 0 Å². The van der Waals surface area contributed by atoms with Crippen molar-refractivity contribution in [2.45, 2.75) is 51.2 Å². The van der Waals surface area contributed by atoms with Crippen LogP contribution in [0.4, 0.5) is 0 Å². The molecule has 1 saturated heterocycles. The third kappa shape index (κ3) is 2.24. The van der Waals surface area contributed by atoms with Crippen LogP contribution in [0, 0.1) is 4.77 Å². The summed E-state index contributed by atoms with van der Waals surface area (Å²) in [5, 5.41) is 5.23. The first-order chi connectivity index (χ1) is 8.12. The van der Waals surface area contributed by atoms with Crippen LogP contribution in [0.25, 0.3) is 0 Å². The number of aromatic nitrogens is 3. The summed E-state index contributed by atoms with van der Waals surface area (Å²) in [7, 11) is 0. The molecule has 0 aromatic carbocycles. The quantitative estimate of drug-likeness (QED) is 0.815. The van der Waals surface area contributed by atoms with Gasteiger partial charge in [0.05, 0.1) is 5.60 Å². The van der Waals surface area contributed by atoms with Crippen LogP contribution in [0.1, 0.15) is 45.6 Å². The maximum absolute atomic E-state index is 11.7. The number of ether oxygens (including phenoxy) is 1. The van der Waals surface area contributed by atoms with Gasteiger partial charge in [-0.15, -0.1) is 0 Å². The maximum Gasteiger partial charge on any atom is 0.342 e. The molecule has 1 unspecified atom stereocenters. The van der Waals surface area contributed by atoms with Gasteiger partial charge >= 0.3 is 5.69 Å². The number of hydrogen-bond donors (Lipinski definition) is 2. The smallest absolute Gasteiger partial charge is 0.342 e. The Morgan fingerprint density at radius 2 is 2.18 bits per heavy atom. The number of aromatic amines is 2. The van der Waals surface area contributed by atoms with E-state index in [-0.39, 0.29) is 17.3 Å². The minimum atomic E-state index is -0.150. The fourth-order valence-electron chi connectivity index (χ4n) is 2.62. The summed E-state index contributed by atoms with van der Waals surface area (Å²) in [5.41, 5.74) is -0.246. The van der Waals surface area contributed by atoms with Crippen molar-refractivity contribution in [1.82, 2.24) is 14.8 Å². The lowest BCUT2D eigenvalue weighted by molar-refractivity contribution is -0.0992. The van der Waals surface area contributed by atoms with Crippen LogP contribution in [0.5, 0.6) is 0 Å². The molecular weight excluding hydrogens is 238 g/mol. The molecule has 1 fully saturated rings. The van der Waals surface area contributed by atoms with Gasteiger partial charge in [-0.2, -0.15) is 0 Å². The number of H-pyrrole nitrogens is 2. The molecule has 2 N–H and O–H groups in total. The molecule has 0 spiro atoms. The fourth-order valence-corrected chi connectivity index (χ4v) is 2.90. The highest BCUT2D eigenvalue weighted by Crippen LogP contribution is 2.36. The fraction of sp³-hybridized carbons (Fsp3) is 0.818. The summed E-state index contributed by atoms with van der Waals surface area (Å²) in [6, 6.07) is 0.145. The first kappa shape index (κ1) is 12.6. The molecule has 1 aliphatic heterocycles. The standard InChI is InChI=1S/C11H19N3O2S/c1-3-11(4-2)7-8(5-6-16-11)14-9(15)12-13-10(14)17/h8H,3-7H2,1-2H3,(H,12,15)(H,13,17). The molecule has 96 valence electrons. The zero-order valence-corrected chi connectivity index (χ0v) is 11.1. The van der Waals surface area contributed by atoms with E-state index >= 15 is 0 Å². The lowest BCUT2D eigenvalue weighted by Crippen LogP contribution is -2.41. The van der Waals surface area contributed by atoms with Crippen molar-refractivity contribution in [3.8, 4) is 0 Å². The number of rotatable bonds is 3. The first-order valence-electron chi connectivity index (χ1n) is 6.15. The van der Waals surface area contributed by atoms with Gasteiger partial charge in [-0.3, -0.25) is 9.67 Å². The van der Waals surface area contributed by atoms with Crippen LogP contribution in [0.15, 0.2) is 4.79 Å². The molecule has 0 radical (unpaired) electrons. The molecular formula is C11H19N3O2S. The van der Waals surface area contributed by atoms with E-state index in [1.54, 1.807) is 4.57 Å². The van der Waals surface area contributed by atoms with Crippen molar-refractivity contribution in [2.75, 3.05) is 6.61 Å². The Bertz CT molecular complexity index is 456. The molecule has 1 aromatic heterocycles. The number of nitrogens with zero attached hydrogens (tertiary/aromatic N) is 1. The summed E-state index contributed by atoms with van der Waals surface area (Å²) < 4.78 is 8.03. The Hall–Kier alpha value is -0.880. The van der Waals surface area contributed by atoms with Gasteiger partial charge in [0.25, 0.3) is 0 Å². The second-order valence-corrected chi connectivity index (χ2v) is 5.00. The highest BCUT2D eigenvalue weighted by Gasteiger charge is 2.36. The van der Waals surface area contributed by atoms with E-state index in [0.29, 0.717) is 11.4 Å². The molecule has 1 atom stereocenters. The van der Waals surface area contributed by atoms with Crippen molar-refractivity contribution in [1.29, 1.82) is 0 Å². The van der Waals surface area contributed by atoms with E-state index in [1.165, 1.54) is 0 Å². The highest BCUT2D eigenvalue weighted by atomic mass is 32.1. The monoisotopic (exact) mass is 257 g/mol. The van der Waals surface area contributed by atoms with Crippen molar-refractivity contribution < 1.29 is 4.74 Å². The zero-order valence-electron chi connectivity index (χ0n) is 10.3. The average Bonchev–Trinajstić information content (AvgIpc) is 2.69. The normalized spacial score (nSPS) is 23.8. The summed E-state index contributed by atoms with van der Waals surface area (Å²) in [4.78, 5) is 11.7. The van der Waals surface area contributed by atoms with E-state index in [0.717, 1.165) is 25.7 Å². The van der Waals surface area contributed by atoms with Crippen LogP contribution in [-0.4, -0.2) is 27.0 Å².